The van der Waals surface area contributed by atoms with Crippen molar-refractivity contribution in [3.63, 3.8) is 0 Å². The monoisotopic (exact) mass is 463 g/mol. The van der Waals surface area contributed by atoms with Gasteiger partial charge in [0.1, 0.15) is 12.2 Å². The van der Waals surface area contributed by atoms with Crippen LogP contribution in [0.15, 0.2) is 66.0 Å². The van der Waals surface area contributed by atoms with Gasteiger partial charge >= 0.3 is 0 Å². The fourth-order valence-electron chi connectivity index (χ4n) is 3.82. The van der Waals surface area contributed by atoms with E-state index in [1.165, 1.54) is 11.3 Å². The number of benzene rings is 2. The Balaban J connectivity index is 1.47. The van der Waals surface area contributed by atoms with Crippen LogP contribution in [0.2, 0.25) is 0 Å². The lowest BCUT2D eigenvalue weighted by Gasteiger charge is -2.35. The third kappa shape index (κ3) is 6.18. The zero-order chi connectivity index (χ0) is 23.0. The summed E-state index contributed by atoms with van der Waals surface area (Å²) >= 11 is 1.38. The predicted molar refractivity (Wildman–Crippen MR) is 132 cm³/mol. The smallest absolute Gasteiger partial charge is 0.274 e. The molecular weight excluding hydrogens is 434 g/mol. The van der Waals surface area contributed by atoms with Crippen molar-refractivity contribution < 1.29 is 9.59 Å². The first-order valence-corrected chi connectivity index (χ1v) is 12.1. The summed E-state index contributed by atoms with van der Waals surface area (Å²) < 4.78 is 0. The highest BCUT2D eigenvalue weighted by atomic mass is 32.1. The zero-order valence-corrected chi connectivity index (χ0v) is 19.6. The molecule has 0 aliphatic carbocycles. The van der Waals surface area contributed by atoms with E-state index in [1.54, 1.807) is 10.3 Å². The van der Waals surface area contributed by atoms with Gasteiger partial charge in [-0.2, -0.15) is 0 Å². The number of aromatic nitrogens is 1. The molecule has 2 heterocycles. The van der Waals surface area contributed by atoms with E-state index >= 15 is 0 Å². The lowest BCUT2D eigenvalue weighted by molar-refractivity contribution is -0.133. The van der Waals surface area contributed by atoms with Crippen molar-refractivity contribution in [1.29, 1.82) is 0 Å². The van der Waals surface area contributed by atoms with Crippen LogP contribution in [-0.4, -0.2) is 70.8 Å². The first kappa shape index (κ1) is 22.9. The molecule has 2 aromatic carbocycles. The number of piperazine rings is 1. The molecule has 1 aliphatic rings. The molecule has 0 bridgehead atoms. The maximum atomic E-state index is 13.4. The maximum Gasteiger partial charge on any atom is 0.274 e. The van der Waals surface area contributed by atoms with Crippen molar-refractivity contribution in [1.82, 2.24) is 19.7 Å². The van der Waals surface area contributed by atoms with Crippen LogP contribution in [0.4, 0.5) is 10.8 Å². The van der Waals surface area contributed by atoms with Gasteiger partial charge in [0.2, 0.25) is 5.91 Å². The van der Waals surface area contributed by atoms with Gasteiger partial charge in [-0.05, 0) is 24.2 Å². The van der Waals surface area contributed by atoms with Crippen LogP contribution in [0.5, 0.6) is 0 Å². The molecule has 8 heteroatoms. The maximum absolute atomic E-state index is 13.4. The van der Waals surface area contributed by atoms with E-state index in [0.717, 1.165) is 30.9 Å². The van der Waals surface area contributed by atoms with Gasteiger partial charge < -0.3 is 20.0 Å². The lowest BCUT2D eigenvalue weighted by Crippen LogP contribution is -2.51. The van der Waals surface area contributed by atoms with E-state index in [9.17, 15) is 9.59 Å². The molecule has 0 unspecified atom stereocenters. The molecule has 0 spiro atoms. The number of rotatable bonds is 8. The minimum Gasteiger partial charge on any atom is -0.339 e. The van der Waals surface area contributed by atoms with E-state index in [4.69, 9.17) is 0 Å². The molecule has 172 valence electrons. The fraction of sp³-hybridized carbons (Fsp3) is 0.320. The second kappa shape index (κ2) is 11.1. The van der Waals surface area contributed by atoms with Crippen LogP contribution in [0.25, 0.3) is 0 Å². The molecule has 1 fully saturated rings. The SMILES string of the molecule is CCN1CCN(C(=O)CN(Cc2ccccc2)C(=O)c2csc(Nc3ccccc3)n2)CC1. The number of carbonyl (C=O) groups excluding carboxylic acids is 2. The van der Waals surface area contributed by atoms with E-state index < -0.39 is 0 Å². The van der Waals surface area contributed by atoms with E-state index in [2.05, 4.69) is 22.1 Å². The van der Waals surface area contributed by atoms with E-state index in [0.29, 0.717) is 30.5 Å². The molecular formula is C25H29N5O2S. The van der Waals surface area contributed by atoms with Crippen molar-refractivity contribution >= 4 is 34.0 Å². The summed E-state index contributed by atoms with van der Waals surface area (Å²) in [4.78, 5) is 36.7. The molecule has 1 aromatic heterocycles. The quantitative estimate of drug-likeness (QED) is 0.552. The number of hydrogen-bond donors (Lipinski definition) is 1. The molecule has 0 atom stereocenters. The normalized spacial score (nSPS) is 14.2. The predicted octanol–water partition coefficient (Wildman–Crippen LogP) is 3.69. The van der Waals surface area contributed by atoms with Crippen LogP contribution in [-0.2, 0) is 11.3 Å². The Bertz CT molecular complexity index is 1050. The molecule has 1 N–H and O–H groups in total. The van der Waals surface area contributed by atoms with E-state index in [-0.39, 0.29) is 18.4 Å². The Kier molecular flexibility index (Phi) is 7.70. The Morgan fingerprint density at radius 1 is 1.00 bits per heavy atom. The number of carbonyl (C=O) groups is 2. The Morgan fingerprint density at radius 2 is 1.67 bits per heavy atom. The number of hydrogen-bond acceptors (Lipinski definition) is 6. The summed E-state index contributed by atoms with van der Waals surface area (Å²) in [6.07, 6.45) is 0. The Morgan fingerprint density at radius 3 is 2.33 bits per heavy atom. The first-order chi connectivity index (χ1) is 16.1. The number of nitrogens with one attached hydrogen (secondary N) is 1. The largest absolute Gasteiger partial charge is 0.339 e. The number of nitrogens with zero attached hydrogens (tertiary/aromatic N) is 4. The number of anilines is 2. The summed E-state index contributed by atoms with van der Waals surface area (Å²) in [6, 6.07) is 19.5. The van der Waals surface area contributed by atoms with Gasteiger partial charge in [0.25, 0.3) is 5.91 Å². The summed E-state index contributed by atoms with van der Waals surface area (Å²) in [7, 11) is 0. The van der Waals surface area contributed by atoms with Crippen LogP contribution in [0, 0.1) is 0 Å². The summed E-state index contributed by atoms with van der Waals surface area (Å²) in [5.41, 5.74) is 2.23. The molecule has 4 rings (SSSR count). The van der Waals surface area contributed by atoms with Gasteiger partial charge in [-0.3, -0.25) is 9.59 Å². The molecule has 3 aromatic rings. The highest BCUT2D eigenvalue weighted by Gasteiger charge is 2.26. The summed E-state index contributed by atoms with van der Waals surface area (Å²) in [5, 5.41) is 5.62. The van der Waals surface area contributed by atoms with Crippen molar-refractivity contribution in [2.24, 2.45) is 0 Å². The van der Waals surface area contributed by atoms with Gasteiger partial charge in [0.15, 0.2) is 5.13 Å². The van der Waals surface area contributed by atoms with Crippen molar-refractivity contribution in [2.45, 2.75) is 13.5 Å². The lowest BCUT2D eigenvalue weighted by atomic mass is 10.2. The Labute approximate surface area is 198 Å². The van der Waals surface area contributed by atoms with E-state index in [1.807, 2.05) is 65.6 Å². The van der Waals surface area contributed by atoms with Crippen LogP contribution in [0.3, 0.4) is 0 Å². The van der Waals surface area contributed by atoms with Crippen molar-refractivity contribution in [3.05, 3.63) is 77.3 Å². The Hall–Kier alpha value is -3.23. The second-order valence-corrected chi connectivity index (χ2v) is 8.85. The third-order valence-electron chi connectivity index (χ3n) is 5.75. The van der Waals surface area contributed by atoms with Crippen molar-refractivity contribution in [2.75, 3.05) is 44.6 Å². The van der Waals surface area contributed by atoms with Gasteiger partial charge in [-0.15, -0.1) is 11.3 Å². The van der Waals surface area contributed by atoms with Gasteiger partial charge in [-0.25, -0.2) is 4.98 Å². The second-order valence-electron chi connectivity index (χ2n) is 7.99. The van der Waals surface area contributed by atoms with Gasteiger partial charge in [0.05, 0.1) is 0 Å². The molecule has 1 aliphatic heterocycles. The molecule has 33 heavy (non-hydrogen) atoms. The molecule has 1 saturated heterocycles. The van der Waals surface area contributed by atoms with Crippen molar-refractivity contribution in [3.8, 4) is 0 Å². The summed E-state index contributed by atoms with van der Waals surface area (Å²) in [5.74, 6) is -0.260. The minimum absolute atomic E-state index is 0.0205. The number of amides is 2. The third-order valence-corrected chi connectivity index (χ3v) is 6.51. The van der Waals surface area contributed by atoms with Gasteiger partial charge in [-0.1, -0.05) is 55.5 Å². The van der Waals surface area contributed by atoms with Crippen LogP contribution < -0.4 is 5.32 Å². The first-order valence-electron chi connectivity index (χ1n) is 11.2. The van der Waals surface area contributed by atoms with Crippen LogP contribution in [0.1, 0.15) is 23.0 Å². The number of para-hydroxylation sites is 1. The topological polar surface area (TPSA) is 68.8 Å². The highest BCUT2D eigenvalue weighted by Crippen LogP contribution is 2.22. The average molecular weight is 464 g/mol. The van der Waals surface area contributed by atoms with Gasteiger partial charge in [0, 0.05) is 43.8 Å². The highest BCUT2D eigenvalue weighted by molar-refractivity contribution is 7.14. The molecule has 0 saturated carbocycles. The number of likely N-dealkylation sites (N-methyl/N-ethyl adjacent to an activating group) is 1. The standard InChI is InChI=1S/C25H29N5O2S/c1-2-28-13-15-29(16-14-28)23(31)18-30(17-20-9-5-3-6-10-20)24(32)22-19-33-25(27-22)26-21-11-7-4-8-12-21/h3-12,19H,2,13-18H2,1H3,(H,26,27). The molecule has 2 amide bonds. The zero-order valence-electron chi connectivity index (χ0n) is 18.8. The molecule has 7 nitrogen and oxygen atoms in total. The minimum atomic E-state index is -0.239. The number of thiazole rings is 1. The van der Waals surface area contributed by atoms with Crippen LogP contribution >= 0.6 is 11.3 Å². The molecule has 0 radical (unpaired) electrons. The summed E-state index contributed by atoms with van der Waals surface area (Å²) in [6.45, 7) is 6.66. The average Bonchev–Trinajstić information content (AvgIpc) is 3.33. The fourth-order valence-corrected chi connectivity index (χ4v) is 4.52.